The minimum atomic E-state index is -0.223. The van der Waals surface area contributed by atoms with Gasteiger partial charge in [0.2, 0.25) is 0 Å². The molecule has 3 rings (SSSR count). The summed E-state index contributed by atoms with van der Waals surface area (Å²) in [5.41, 5.74) is 2.13. The molecular formula is C19H22FN3OS. The van der Waals surface area contributed by atoms with E-state index in [2.05, 4.69) is 21.2 Å². The highest BCUT2D eigenvalue weighted by atomic mass is 32.1. The maximum Gasteiger partial charge on any atom is 0.169 e. The molecule has 0 spiro atoms. The van der Waals surface area contributed by atoms with Gasteiger partial charge in [0.1, 0.15) is 11.6 Å². The van der Waals surface area contributed by atoms with Crippen molar-refractivity contribution in [2.75, 3.05) is 38.2 Å². The molecule has 0 saturated carbocycles. The summed E-state index contributed by atoms with van der Waals surface area (Å²) in [7, 11) is 1.70. The van der Waals surface area contributed by atoms with Crippen molar-refractivity contribution in [3.63, 3.8) is 0 Å². The molecule has 132 valence electrons. The molecule has 2 aromatic carbocycles. The second kappa shape index (κ2) is 8.16. The molecule has 25 heavy (non-hydrogen) atoms. The number of nitrogens with zero attached hydrogens (tertiary/aromatic N) is 2. The molecule has 0 aromatic heterocycles. The monoisotopic (exact) mass is 359 g/mol. The molecule has 0 unspecified atom stereocenters. The molecule has 1 saturated heterocycles. The Hall–Kier alpha value is -2.34. The maximum absolute atomic E-state index is 12.9. The third-order valence-electron chi connectivity index (χ3n) is 4.35. The lowest BCUT2D eigenvalue weighted by Crippen LogP contribution is -2.51. The average molecular weight is 359 g/mol. The predicted octanol–water partition coefficient (Wildman–Crippen LogP) is 3.03. The zero-order valence-corrected chi connectivity index (χ0v) is 15.1. The zero-order valence-electron chi connectivity index (χ0n) is 14.2. The number of para-hydroxylation sites is 2. The van der Waals surface area contributed by atoms with Crippen LogP contribution >= 0.6 is 12.2 Å². The van der Waals surface area contributed by atoms with Crippen molar-refractivity contribution in [3.8, 4) is 5.75 Å². The van der Waals surface area contributed by atoms with Crippen LogP contribution < -0.4 is 15.0 Å². The summed E-state index contributed by atoms with van der Waals surface area (Å²) in [6.07, 6.45) is 0. The van der Waals surface area contributed by atoms with E-state index in [1.165, 1.54) is 12.1 Å². The van der Waals surface area contributed by atoms with Gasteiger partial charge in [0.15, 0.2) is 5.11 Å². The SMILES string of the molecule is COc1ccccc1N1CCN(C(=S)NCc2ccc(F)cc2)CC1. The summed E-state index contributed by atoms with van der Waals surface area (Å²) in [6, 6.07) is 14.5. The first-order valence-electron chi connectivity index (χ1n) is 8.32. The van der Waals surface area contributed by atoms with E-state index in [1.807, 2.05) is 18.2 Å². The number of nitrogens with one attached hydrogen (secondary N) is 1. The lowest BCUT2D eigenvalue weighted by atomic mass is 10.2. The molecular weight excluding hydrogens is 337 g/mol. The van der Waals surface area contributed by atoms with Crippen LogP contribution in [0.3, 0.4) is 0 Å². The fourth-order valence-electron chi connectivity index (χ4n) is 2.93. The topological polar surface area (TPSA) is 27.7 Å². The average Bonchev–Trinajstić information content (AvgIpc) is 2.67. The van der Waals surface area contributed by atoms with Gasteiger partial charge in [0.25, 0.3) is 0 Å². The number of rotatable bonds is 4. The Bertz CT molecular complexity index is 715. The molecule has 0 radical (unpaired) electrons. The van der Waals surface area contributed by atoms with Gasteiger partial charge < -0.3 is 19.9 Å². The summed E-state index contributed by atoms with van der Waals surface area (Å²) in [5.74, 6) is 0.673. The number of halogens is 1. The number of ether oxygens (including phenoxy) is 1. The largest absolute Gasteiger partial charge is 0.495 e. The number of anilines is 1. The number of methoxy groups -OCH3 is 1. The number of hydrogen-bond acceptors (Lipinski definition) is 3. The minimum Gasteiger partial charge on any atom is -0.495 e. The number of benzene rings is 2. The van der Waals surface area contributed by atoms with Crippen molar-refractivity contribution in [2.45, 2.75) is 6.54 Å². The van der Waals surface area contributed by atoms with E-state index in [-0.39, 0.29) is 5.82 Å². The molecule has 0 amide bonds. The fourth-order valence-corrected chi connectivity index (χ4v) is 3.19. The predicted molar refractivity (Wildman–Crippen MR) is 103 cm³/mol. The molecule has 4 nitrogen and oxygen atoms in total. The van der Waals surface area contributed by atoms with Gasteiger partial charge in [-0.1, -0.05) is 24.3 Å². The first-order chi connectivity index (χ1) is 12.2. The summed E-state index contributed by atoms with van der Waals surface area (Å²) >= 11 is 5.50. The highest BCUT2D eigenvalue weighted by Gasteiger charge is 2.20. The van der Waals surface area contributed by atoms with Gasteiger partial charge in [-0.2, -0.15) is 0 Å². The van der Waals surface area contributed by atoms with Gasteiger partial charge in [-0.15, -0.1) is 0 Å². The van der Waals surface area contributed by atoms with Crippen LogP contribution in [-0.2, 0) is 6.54 Å². The van der Waals surface area contributed by atoms with E-state index in [4.69, 9.17) is 17.0 Å². The maximum atomic E-state index is 12.9. The first-order valence-corrected chi connectivity index (χ1v) is 8.73. The van der Waals surface area contributed by atoms with Crippen LogP contribution in [0.25, 0.3) is 0 Å². The number of thiocarbonyl (C=S) groups is 1. The Kier molecular flexibility index (Phi) is 5.71. The smallest absolute Gasteiger partial charge is 0.169 e. The lowest BCUT2D eigenvalue weighted by molar-refractivity contribution is 0.373. The molecule has 1 N–H and O–H groups in total. The van der Waals surface area contributed by atoms with Crippen molar-refractivity contribution in [1.29, 1.82) is 0 Å². The Morgan fingerprint density at radius 2 is 1.76 bits per heavy atom. The molecule has 1 aliphatic rings. The van der Waals surface area contributed by atoms with Gasteiger partial charge in [0, 0.05) is 32.7 Å². The van der Waals surface area contributed by atoms with Gasteiger partial charge in [0.05, 0.1) is 12.8 Å². The van der Waals surface area contributed by atoms with Crippen molar-refractivity contribution in [2.24, 2.45) is 0 Å². The molecule has 0 aliphatic carbocycles. The van der Waals surface area contributed by atoms with E-state index < -0.39 is 0 Å². The third-order valence-corrected chi connectivity index (χ3v) is 4.75. The summed E-state index contributed by atoms with van der Waals surface area (Å²) in [5, 5.41) is 4.00. The Labute approximate surface area is 153 Å². The minimum absolute atomic E-state index is 0.223. The highest BCUT2D eigenvalue weighted by Crippen LogP contribution is 2.28. The summed E-state index contributed by atoms with van der Waals surface area (Å²) in [6.45, 7) is 4.09. The Morgan fingerprint density at radius 3 is 2.44 bits per heavy atom. The molecule has 1 aliphatic heterocycles. The lowest BCUT2D eigenvalue weighted by Gasteiger charge is -2.37. The van der Waals surface area contributed by atoms with E-state index in [0.717, 1.165) is 48.3 Å². The first kappa shape index (κ1) is 17.5. The van der Waals surface area contributed by atoms with Crippen LogP contribution in [-0.4, -0.2) is 43.3 Å². The fraction of sp³-hybridized carbons (Fsp3) is 0.316. The van der Waals surface area contributed by atoms with E-state index in [1.54, 1.807) is 19.2 Å². The van der Waals surface area contributed by atoms with Gasteiger partial charge in [-0.05, 0) is 42.0 Å². The van der Waals surface area contributed by atoms with Crippen molar-refractivity contribution in [3.05, 3.63) is 59.9 Å². The van der Waals surface area contributed by atoms with Gasteiger partial charge >= 0.3 is 0 Å². The summed E-state index contributed by atoms with van der Waals surface area (Å²) < 4.78 is 18.4. The van der Waals surface area contributed by atoms with Crippen LogP contribution in [0.15, 0.2) is 48.5 Å². The molecule has 6 heteroatoms. The van der Waals surface area contributed by atoms with Crippen LogP contribution in [0, 0.1) is 5.82 Å². The van der Waals surface area contributed by atoms with Crippen LogP contribution in [0.1, 0.15) is 5.56 Å². The third kappa shape index (κ3) is 4.39. The number of piperazine rings is 1. The zero-order chi connectivity index (χ0) is 17.6. The second-order valence-corrected chi connectivity index (χ2v) is 6.32. The summed E-state index contributed by atoms with van der Waals surface area (Å²) in [4.78, 5) is 4.49. The highest BCUT2D eigenvalue weighted by molar-refractivity contribution is 7.80. The van der Waals surface area contributed by atoms with Crippen LogP contribution in [0.2, 0.25) is 0 Å². The van der Waals surface area contributed by atoms with E-state index in [9.17, 15) is 4.39 Å². The molecule has 1 fully saturated rings. The standard InChI is InChI=1S/C19H22FN3OS/c1-24-18-5-3-2-4-17(18)22-10-12-23(13-11-22)19(25)21-14-15-6-8-16(20)9-7-15/h2-9H,10-14H2,1H3,(H,21,25). The van der Waals surface area contributed by atoms with Crippen molar-refractivity contribution >= 4 is 23.0 Å². The van der Waals surface area contributed by atoms with Crippen molar-refractivity contribution in [1.82, 2.24) is 10.2 Å². The van der Waals surface area contributed by atoms with Crippen molar-refractivity contribution < 1.29 is 9.13 Å². The van der Waals surface area contributed by atoms with Crippen LogP contribution in [0.4, 0.5) is 10.1 Å². The normalized spacial score (nSPS) is 14.3. The molecule has 0 atom stereocenters. The Balaban J connectivity index is 1.51. The van der Waals surface area contributed by atoms with E-state index >= 15 is 0 Å². The molecule has 2 aromatic rings. The molecule has 1 heterocycles. The Morgan fingerprint density at radius 1 is 1.08 bits per heavy atom. The quantitative estimate of drug-likeness (QED) is 0.847. The van der Waals surface area contributed by atoms with Gasteiger partial charge in [-0.3, -0.25) is 0 Å². The molecule has 0 bridgehead atoms. The van der Waals surface area contributed by atoms with E-state index in [0.29, 0.717) is 6.54 Å². The van der Waals surface area contributed by atoms with Gasteiger partial charge in [-0.25, -0.2) is 4.39 Å². The van der Waals surface area contributed by atoms with Crippen LogP contribution in [0.5, 0.6) is 5.75 Å². The number of hydrogen-bond donors (Lipinski definition) is 1. The second-order valence-electron chi connectivity index (χ2n) is 5.93.